The molecule has 214 valence electrons. The van der Waals surface area contributed by atoms with Gasteiger partial charge in [0.1, 0.15) is 16.4 Å². The second kappa shape index (κ2) is 11.3. The standard InChI is InChI=1S/C28H34N4O7S/c1-17-24(27(34)35)30-32(20-11-13-21(38-5)14-12-20)26(17)39-22-15-10-19(29-25(33)18-8-6-7-9-18)16-23(22)40(36,37)31-28(2,3)4/h10-16,18,31H,6-9H2,1-5H3,(H,29,33)(H,34,35). The molecule has 1 aliphatic rings. The van der Waals surface area contributed by atoms with Crippen molar-refractivity contribution in [3.05, 3.63) is 53.7 Å². The molecule has 1 heterocycles. The van der Waals surface area contributed by atoms with E-state index in [-0.39, 0.29) is 39.6 Å². The van der Waals surface area contributed by atoms with Gasteiger partial charge >= 0.3 is 5.97 Å². The zero-order chi connectivity index (χ0) is 29.2. The lowest BCUT2D eigenvalue weighted by molar-refractivity contribution is -0.119. The molecule has 3 aromatic rings. The molecule has 0 aliphatic heterocycles. The van der Waals surface area contributed by atoms with Crippen molar-refractivity contribution < 1.29 is 32.6 Å². The first-order chi connectivity index (χ1) is 18.8. The fourth-order valence-electron chi connectivity index (χ4n) is 4.58. The molecule has 2 aromatic carbocycles. The summed E-state index contributed by atoms with van der Waals surface area (Å²) in [7, 11) is -2.62. The Morgan fingerprint density at radius 2 is 1.73 bits per heavy atom. The highest BCUT2D eigenvalue weighted by molar-refractivity contribution is 7.89. The molecule has 12 heteroatoms. The first-order valence-electron chi connectivity index (χ1n) is 12.9. The summed E-state index contributed by atoms with van der Waals surface area (Å²) in [4.78, 5) is 24.5. The third-order valence-corrected chi connectivity index (χ3v) is 8.24. The Kier molecular flexibility index (Phi) is 8.22. The van der Waals surface area contributed by atoms with Gasteiger partial charge in [0.25, 0.3) is 0 Å². The number of methoxy groups -OCH3 is 1. The quantitative estimate of drug-likeness (QED) is 0.329. The van der Waals surface area contributed by atoms with Crippen LogP contribution >= 0.6 is 0 Å². The summed E-state index contributed by atoms with van der Waals surface area (Å²) in [6.45, 7) is 6.65. The number of amides is 1. The molecule has 0 spiro atoms. The molecule has 1 fully saturated rings. The van der Waals surface area contributed by atoms with E-state index in [0.29, 0.717) is 17.1 Å². The van der Waals surface area contributed by atoms with E-state index in [2.05, 4.69) is 15.1 Å². The summed E-state index contributed by atoms with van der Waals surface area (Å²) in [5.74, 6) is -0.979. The smallest absolute Gasteiger partial charge is 0.356 e. The third-order valence-electron chi connectivity index (χ3n) is 6.46. The molecule has 4 rings (SSSR count). The molecule has 11 nitrogen and oxygen atoms in total. The first kappa shape index (κ1) is 29.1. The van der Waals surface area contributed by atoms with Gasteiger partial charge in [-0.2, -0.15) is 9.78 Å². The number of sulfonamides is 1. The lowest BCUT2D eigenvalue weighted by Gasteiger charge is -2.22. The van der Waals surface area contributed by atoms with E-state index >= 15 is 0 Å². The summed E-state index contributed by atoms with van der Waals surface area (Å²) in [5, 5.41) is 16.8. The van der Waals surface area contributed by atoms with E-state index < -0.39 is 21.5 Å². The Hall–Kier alpha value is -3.90. The van der Waals surface area contributed by atoms with Crippen molar-refractivity contribution in [2.45, 2.75) is 63.8 Å². The van der Waals surface area contributed by atoms with Crippen LogP contribution in [0.4, 0.5) is 5.69 Å². The number of nitrogens with one attached hydrogen (secondary N) is 2. The van der Waals surface area contributed by atoms with Gasteiger partial charge in [0, 0.05) is 22.7 Å². The topological polar surface area (TPSA) is 149 Å². The van der Waals surface area contributed by atoms with Gasteiger partial charge in [-0.3, -0.25) is 4.79 Å². The van der Waals surface area contributed by atoms with Crippen LogP contribution in [0.3, 0.4) is 0 Å². The summed E-state index contributed by atoms with van der Waals surface area (Å²) < 4.78 is 42.3. The molecule has 0 atom stereocenters. The van der Waals surface area contributed by atoms with Crippen molar-refractivity contribution in [3.63, 3.8) is 0 Å². The molecule has 0 unspecified atom stereocenters. The number of carboxylic acid groups (broad SMARTS) is 1. The van der Waals surface area contributed by atoms with Crippen LogP contribution in [-0.4, -0.2) is 47.8 Å². The molecule has 0 radical (unpaired) electrons. The van der Waals surface area contributed by atoms with Crippen LogP contribution in [-0.2, 0) is 14.8 Å². The van der Waals surface area contributed by atoms with Crippen LogP contribution in [0, 0.1) is 12.8 Å². The van der Waals surface area contributed by atoms with Crippen LogP contribution in [0.15, 0.2) is 47.4 Å². The van der Waals surface area contributed by atoms with Crippen LogP contribution < -0.4 is 19.5 Å². The summed E-state index contributed by atoms with van der Waals surface area (Å²) >= 11 is 0. The number of hydrogen-bond acceptors (Lipinski definition) is 7. The van der Waals surface area contributed by atoms with Crippen molar-refractivity contribution in [3.8, 4) is 23.1 Å². The van der Waals surface area contributed by atoms with Crippen LogP contribution in [0.1, 0.15) is 62.5 Å². The van der Waals surface area contributed by atoms with Crippen LogP contribution in [0.5, 0.6) is 17.4 Å². The number of hydrogen-bond donors (Lipinski definition) is 3. The van der Waals surface area contributed by atoms with Gasteiger partial charge in [-0.25, -0.2) is 17.9 Å². The molecular weight excluding hydrogens is 536 g/mol. The Balaban J connectivity index is 1.80. The molecule has 1 saturated carbocycles. The number of carbonyl (C=O) groups excluding carboxylic acids is 1. The predicted octanol–water partition coefficient (Wildman–Crippen LogP) is 4.89. The summed E-state index contributed by atoms with van der Waals surface area (Å²) in [5.41, 5.74) is -0.0667. The molecule has 40 heavy (non-hydrogen) atoms. The Bertz CT molecular complexity index is 1520. The van der Waals surface area contributed by atoms with E-state index in [9.17, 15) is 23.1 Å². The lowest BCUT2D eigenvalue weighted by atomic mass is 10.1. The van der Waals surface area contributed by atoms with Crippen LogP contribution in [0.2, 0.25) is 0 Å². The van der Waals surface area contributed by atoms with Crippen molar-refractivity contribution >= 4 is 27.6 Å². The predicted molar refractivity (Wildman–Crippen MR) is 149 cm³/mol. The number of ether oxygens (including phenoxy) is 2. The Morgan fingerprint density at radius 3 is 2.30 bits per heavy atom. The largest absolute Gasteiger partial charge is 0.497 e. The molecule has 1 aromatic heterocycles. The second-order valence-electron chi connectivity index (χ2n) is 10.8. The summed E-state index contributed by atoms with van der Waals surface area (Å²) in [6.07, 6.45) is 3.56. The molecule has 0 saturated heterocycles. The van der Waals surface area contributed by atoms with Gasteiger partial charge in [0.2, 0.25) is 21.8 Å². The first-order valence-corrected chi connectivity index (χ1v) is 14.4. The monoisotopic (exact) mass is 570 g/mol. The molecule has 1 aliphatic carbocycles. The fraction of sp³-hybridized carbons (Fsp3) is 0.393. The number of carboxylic acids is 1. The highest BCUT2D eigenvalue weighted by Gasteiger charge is 2.30. The maximum absolute atomic E-state index is 13.5. The van der Waals surface area contributed by atoms with Crippen LogP contribution in [0.25, 0.3) is 5.69 Å². The number of anilines is 1. The van der Waals surface area contributed by atoms with Gasteiger partial charge in [0.15, 0.2) is 5.69 Å². The minimum absolute atomic E-state index is 0.0255. The molecule has 3 N–H and O–H groups in total. The van der Waals surface area contributed by atoms with Gasteiger partial charge in [-0.1, -0.05) is 12.8 Å². The van der Waals surface area contributed by atoms with Gasteiger partial charge in [-0.15, -0.1) is 0 Å². The third kappa shape index (κ3) is 6.45. The molecule has 1 amide bonds. The maximum Gasteiger partial charge on any atom is 0.356 e. The van der Waals surface area contributed by atoms with Crippen molar-refractivity contribution in [1.29, 1.82) is 0 Å². The number of aromatic nitrogens is 2. The normalized spacial score (nSPS) is 14.2. The number of nitrogens with zero attached hydrogens (tertiary/aromatic N) is 2. The van der Waals surface area contributed by atoms with Crippen molar-refractivity contribution in [1.82, 2.24) is 14.5 Å². The second-order valence-corrected chi connectivity index (χ2v) is 12.4. The van der Waals surface area contributed by atoms with E-state index in [0.717, 1.165) is 25.7 Å². The average molecular weight is 571 g/mol. The number of carbonyl (C=O) groups is 2. The van der Waals surface area contributed by atoms with Crippen molar-refractivity contribution in [2.24, 2.45) is 5.92 Å². The Morgan fingerprint density at radius 1 is 1.07 bits per heavy atom. The van der Waals surface area contributed by atoms with Gasteiger partial charge in [0.05, 0.1) is 12.8 Å². The minimum Gasteiger partial charge on any atom is -0.497 e. The maximum atomic E-state index is 13.5. The van der Waals surface area contributed by atoms with Gasteiger partial charge in [-0.05, 0) is 83.0 Å². The molecule has 0 bridgehead atoms. The SMILES string of the molecule is COc1ccc(-n2nc(C(=O)O)c(C)c2Oc2ccc(NC(=O)C3CCCC3)cc2S(=O)(=O)NC(C)(C)C)cc1. The van der Waals surface area contributed by atoms with Crippen molar-refractivity contribution in [2.75, 3.05) is 12.4 Å². The summed E-state index contributed by atoms with van der Waals surface area (Å²) in [6, 6.07) is 11.0. The zero-order valence-corrected chi connectivity index (χ0v) is 24.0. The fourth-order valence-corrected chi connectivity index (χ4v) is 6.15. The van der Waals surface area contributed by atoms with E-state index in [1.807, 2.05) is 0 Å². The number of aromatic carboxylic acids is 1. The molecular formula is C28H34N4O7S. The highest BCUT2D eigenvalue weighted by Crippen LogP contribution is 2.36. The van der Waals surface area contributed by atoms with E-state index in [1.165, 1.54) is 30.8 Å². The highest BCUT2D eigenvalue weighted by atomic mass is 32.2. The van der Waals surface area contributed by atoms with Gasteiger partial charge < -0.3 is 19.9 Å². The number of benzene rings is 2. The Labute approximate surface area is 233 Å². The zero-order valence-electron chi connectivity index (χ0n) is 23.1. The average Bonchev–Trinajstić information content (AvgIpc) is 3.53. The lowest BCUT2D eigenvalue weighted by Crippen LogP contribution is -2.40. The van der Waals surface area contributed by atoms with E-state index in [1.54, 1.807) is 51.1 Å². The minimum atomic E-state index is -4.14. The van der Waals surface area contributed by atoms with E-state index in [4.69, 9.17) is 9.47 Å². The number of rotatable bonds is 9.